The summed E-state index contributed by atoms with van der Waals surface area (Å²) in [4.78, 5) is 20.7. The quantitative estimate of drug-likeness (QED) is 0.403. The average Bonchev–Trinajstić information content (AvgIpc) is 2.66. The summed E-state index contributed by atoms with van der Waals surface area (Å²) in [5.74, 6) is 1.00. The topological polar surface area (TPSA) is 132 Å². The molecule has 0 spiro atoms. The Hall–Kier alpha value is -3.33. The highest BCUT2D eigenvalue weighted by Gasteiger charge is 2.37. The van der Waals surface area contributed by atoms with E-state index in [4.69, 9.17) is 16.2 Å². The van der Waals surface area contributed by atoms with Gasteiger partial charge in [0.15, 0.2) is 0 Å². The maximum absolute atomic E-state index is 10.7. The molecular weight excluding hydrogens is 396 g/mol. The largest absolute Gasteiger partial charge is 0.494 e. The van der Waals surface area contributed by atoms with Crippen molar-refractivity contribution in [1.82, 2.24) is 0 Å². The molecule has 154 valence electrons. The number of hydrogen-bond donors (Lipinski definition) is 2. The van der Waals surface area contributed by atoms with Gasteiger partial charge in [-0.2, -0.15) is 4.99 Å². The van der Waals surface area contributed by atoms with E-state index in [1.54, 1.807) is 12.1 Å². The van der Waals surface area contributed by atoms with Crippen molar-refractivity contribution in [3.63, 3.8) is 0 Å². The number of nitro groups is 1. The first kappa shape index (κ1) is 22.0. The second-order valence-electron chi connectivity index (χ2n) is 6.53. The lowest BCUT2D eigenvalue weighted by atomic mass is 10.0. The predicted octanol–water partition coefficient (Wildman–Crippen LogP) is 3.04. The fourth-order valence-electron chi connectivity index (χ4n) is 3.15. The number of anilines is 1. The maximum atomic E-state index is 10.7. The Balaban J connectivity index is 0.00000300. The van der Waals surface area contributed by atoms with Crippen LogP contribution in [0.15, 0.2) is 64.6 Å². The minimum atomic E-state index is -0.698. The fraction of sp³-hybridized carbons (Fsp3) is 0.263. The van der Waals surface area contributed by atoms with Crippen molar-refractivity contribution in [1.29, 1.82) is 0 Å². The number of halogens is 1. The molecule has 1 heterocycles. The zero-order valence-electron chi connectivity index (χ0n) is 15.9. The molecule has 0 radical (unpaired) electrons. The van der Waals surface area contributed by atoms with Crippen LogP contribution < -0.4 is 21.1 Å². The van der Waals surface area contributed by atoms with E-state index in [9.17, 15) is 10.1 Å². The van der Waals surface area contributed by atoms with Crippen LogP contribution in [-0.4, -0.2) is 29.1 Å². The first-order valence-electron chi connectivity index (χ1n) is 8.81. The monoisotopic (exact) mass is 418 g/mol. The zero-order chi connectivity index (χ0) is 20.1. The molecule has 1 aliphatic rings. The first-order chi connectivity index (χ1) is 13.4. The van der Waals surface area contributed by atoms with Crippen LogP contribution in [0.25, 0.3) is 0 Å². The Labute approximate surface area is 174 Å². The van der Waals surface area contributed by atoms with Gasteiger partial charge in [-0.1, -0.05) is 18.2 Å². The number of nitrogens with two attached hydrogens (primary N) is 2. The van der Waals surface area contributed by atoms with Crippen molar-refractivity contribution < 1.29 is 9.66 Å². The van der Waals surface area contributed by atoms with Crippen LogP contribution in [0.1, 0.15) is 19.8 Å². The van der Waals surface area contributed by atoms with Gasteiger partial charge < -0.3 is 16.2 Å². The van der Waals surface area contributed by atoms with Crippen LogP contribution in [0.5, 0.6) is 5.75 Å². The average molecular weight is 419 g/mol. The van der Waals surface area contributed by atoms with Crippen LogP contribution in [-0.2, 0) is 0 Å². The van der Waals surface area contributed by atoms with E-state index in [0.29, 0.717) is 25.2 Å². The molecule has 1 atom stereocenters. The highest BCUT2D eigenvalue weighted by Crippen LogP contribution is 2.31. The van der Waals surface area contributed by atoms with Crippen molar-refractivity contribution in [3.8, 4) is 5.75 Å². The molecule has 0 bridgehead atoms. The summed E-state index contributed by atoms with van der Waals surface area (Å²) in [6.07, 6.45) is 1.28. The Morgan fingerprint density at radius 1 is 1.14 bits per heavy atom. The number of hydrogen-bond acceptors (Lipinski definition) is 8. The van der Waals surface area contributed by atoms with E-state index in [2.05, 4.69) is 9.98 Å². The molecule has 4 N–H and O–H groups in total. The molecule has 0 saturated heterocycles. The summed E-state index contributed by atoms with van der Waals surface area (Å²) >= 11 is 0. The third-order valence-corrected chi connectivity index (χ3v) is 4.42. The molecule has 9 nitrogen and oxygen atoms in total. The van der Waals surface area contributed by atoms with Gasteiger partial charge in [0.25, 0.3) is 5.69 Å². The van der Waals surface area contributed by atoms with Crippen molar-refractivity contribution in [2.24, 2.45) is 21.5 Å². The van der Waals surface area contributed by atoms with E-state index >= 15 is 0 Å². The fourth-order valence-corrected chi connectivity index (χ4v) is 3.15. The molecule has 2 aromatic carbocycles. The zero-order valence-corrected chi connectivity index (χ0v) is 16.7. The molecule has 0 aliphatic carbocycles. The number of non-ortho nitro benzene ring substituents is 1. The molecular formula is C19H23ClN6O3. The van der Waals surface area contributed by atoms with E-state index in [1.807, 2.05) is 42.2 Å². The standard InChI is InChI=1S/C19H22N6O3.ClH/c1-19(12-5-13-28-16-10-8-15(9-11-16)25(26)27)23-17(20)22-18(21)24(19)14-6-3-2-4-7-14;/h2-4,6-11H,5,12-13H2,1H3,(H4,20,21,22,23);1H. The molecule has 1 unspecified atom stereocenters. The molecule has 29 heavy (non-hydrogen) atoms. The molecule has 3 rings (SSSR count). The Bertz CT molecular complexity index is 904. The minimum Gasteiger partial charge on any atom is -0.494 e. The van der Waals surface area contributed by atoms with Gasteiger partial charge in [-0.3, -0.25) is 15.0 Å². The first-order valence-corrected chi connectivity index (χ1v) is 8.81. The maximum Gasteiger partial charge on any atom is 0.269 e. The number of nitro benzene ring substituents is 1. The molecule has 0 saturated carbocycles. The normalized spacial score (nSPS) is 18.3. The molecule has 2 aromatic rings. The van der Waals surface area contributed by atoms with Crippen LogP contribution in [0.2, 0.25) is 0 Å². The number of guanidine groups is 2. The number of para-hydroxylation sites is 1. The van der Waals surface area contributed by atoms with Crippen LogP contribution >= 0.6 is 12.4 Å². The van der Waals surface area contributed by atoms with Crippen LogP contribution in [0, 0.1) is 10.1 Å². The predicted molar refractivity (Wildman–Crippen MR) is 116 cm³/mol. The van der Waals surface area contributed by atoms with Crippen molar-refractivity contribution >= 4 is 35.7 Å². The second kappa shape index (κ2) is 9.24. The molecule has 0 aromatic heterocycles. The lowest BCUT2D eigenvalue weighted by molar-refractivity contribution is -0.384. The summed E-state index contributed by atoms with van der Waals surface area (Å²) in [6.45, 7) is 2.36. The van der Waals surface area contributed by atoms with Gasteiger partial charge in [0.2, 0.25) is 11.9 Å². The van der Waals surface area contributed by atoms with Gasteiger partial charge >= 0.3 is 0 Å². The van der Waals surface area contributed by atoms with E-state index in [0.717, 1.165) is 5.69 Å². The van der Waals surface area contributed by atoms with E-state index in [-0.39, 0.29) is 30.0 Å². The highest BCUT2D eigenvalue weighted by molar-refractivity contribution is 6.05. The lowest BCUT2D eigenvalue weighted by Crippen LogP contribution is -2.56. The summed E-state index contributed by atoms with van der Waals surface area (Å²) in [5, 5.41) is 10.7. The Morgan fingerprint density at radius 3 is 2.41 bits per heavy atom. The SMILES string of the molecule is CC1(CCCOc2ccc([N+](=O)[O-])cc2)N=C(N)N=C(N)N1c1ccccc1.Cl. The number of aliphatic imine (C=N–C) groups is 2. The van der Waals surface area contributed by atoms with Crippen molar-refractivity contribution in [2.75, 3.05) is 11.5 Å². The van der Waals surface area contributed by atoms with E-state index in [1.165, 1.54) is 12.1 Å². The lowest BCUT2D eigenvalue weighted by Gasteiger charge is -2.41. The highest BCUT2D eigenvalue weighted by atomic mass is 35.5. The van der Waals surface area contributed by atoms with Gasteiger partial charge in [-0.05, 0) is 44.0 Å². The summed E-state index contributed by atoms with van der Waals surface area (Å²) < 4.78 is 5.69. The smallest absolute Gasteiger partial charge is 0.269 e. The van der Waals surface area contributed by atoms with Crippen LogP contribution in [0.4, 0.5) is 11.4 Å². The summed E-state index contributed by atoms with van der Waals surface area (Å²) in [5.41, 5.74) is 12.2. The van der Waals surface area contributed by atoms with Crippen molar-refractivity contribution in [2.45, 2.75) is 25.4 Å². The number of ether oxygens (including phenoxy) is 1. The third kappa shape index (κ3) is 5.14. The van der Waals surface area contributed by atoms with Gasteiger partial charge in [-0.15, -0.1) is 12.4 Å². The molecule has 0 fully saturated rings. The Kier molecular flexibility index (Phi) is 7.00. The van der Waals surface area contributed by atoms with Gasteiger partial charge in [0.05, 0.1) is 11.5 Å². The number of benzene rings is 2. The third-order valence-electron chi connectivity index (χ3n) is 4.42. The summed E-state index contributed by atoms with van der Waals surface area (Å²) in [6, 6.07) is 15.6. The minimum absolute atomic E-state index is 0. The van der Waals surface area contributed by atoms with Crippen LogP contribution in [0.3, 0.4) is 0 Å². The number of nitrogens with zero attached hydrogens (tertiary/aromatic N) is 4. The molecule has 10 heteroatoms. The summed E-state index contributed by atoms with van der Waals surface area (Å²) in [7, 11) is 0. The van der Waals surface area contributed by atoms with E-state index < -0.39 is 10.6 Å². The van der Waals surface area contributed by atoms with Gasteiger partial charge in [0, 0.05) is 17.8 Å². The molecule has 1 aliphatic heterocycles. The van der Waals surface area contributed by atoms with Gasteiger partial charge in [-0.25, -0.2) is 4.99 Å². The second-order valence-corrected chi connectivity index (χ2v) is 6.53. The molecule has 0 amide bonds. The van der Waals surface area contributed by atoms with Gasteiger partial charge in [0.1, 0.15) is 11.4 Å². The number of rotatable bonds is 7. The Morgan fingerprint density at radius 2 is 1.79 bits per heavy atom. The van der Waals surface area contributed by atoms with Crippen molar-refractivity contribution in [3.05, 3.63) is 64.7 Å².